The third kappa shape index (κ3) is 5.05. The van der Waals surface area contributed by atoms with Crippen LogP contribution in [0.4, 0.5) is 0 Å². The van der Waals surface area contributed by atoms with Gasteiger partial charge in [0.25, 0.3) is 0 Å². The molecule has 5 nitrogen and oxygen atoms in total. The fraction of sp³-hybridized carbons (Fsp3) is 0.412. The molecule has 132 valence electrons. The molecule has 0 aliphatic carbocycles. The Balaban J connectivity index is 1.62. The van der Waals surface area contributed by atoms with Crippen LogP contribution in [0.2, 0.25) is 0 Å². The molecule has 2 heterocycles. The third-order valence-electron chi connectivity index (χ3n) is 3.48. The zero-order valence-corrected chi connectivity index (χ0v) is 16.9. The maximum Gasteiger partial charge on any atom is 0.247 e. The predicted molar refractivity (Wildman–Crippen MR) is 104 cm³/mol. The first-order valence-corrected chi connectivity index (χ1v) is 10.9. The van der Waals surface area contributed by atoms with Crippen molar-refractivity contribution in [2.75, 3.05) is 5.75 Å². The van der Waals surface area contributed by atoms with E-state index >= 15 is 0 Å². The van der Waals surface area contributed by atoms with E-state index in [4.69, 9.17) is 4.42 Å². The maximum absolute atomic E-state index is 5.84. The Morgan fingerprint density at radius 1 is 1.08 bits per heavy atom. The van der Waals surface area contributed by atoms with Crippen molar-refractivity contribution in [3.8, 4) is 11.5 Å². The van der Waals surface area contributed by atoms with Gasteiger partial charge in [0, 0.05) is 11.3 Å². The summed E-state index contributed by atoms with van der Waals surface area (Å²) >= 11 is 5.00. The van der Waals surface area contributed by atoms with E-state index in [1.54, 1.807) is 34.9 Å². The highest BCUT2D eigenvalue weighted by molar-refractivity contribution is 8.03. The zero-order valence-electron chi connectivity index (χ0n) is 14.4. The number of aromatic nitrogens is 4. The normalized spacial score (nSPS) is 12.4. The molecular weight excluding hydrogens is 372 g/mol. The Kier molecular flexibility index (Phi) is 6.50. The van der Waals surface area contributed by atoms with Gasteiger partial charge < -0.3 is 4.42 Å². The summed E-state index contributed by atoms with van der Waals surface area (Å²) in [6.45, 7) is 6.29. The summed E-state index contributed by atoms with van der Waals surface area (Å²) in [6, 6.07) is 8.07. The SMILES string of the molecule is CCCCSc1nnc(SC(C)c2nnc(-c3ccc(C)cc3)o2)s1. The fourth-order valence-electron chi connectivity index (χ4n) is 2.02. The second-order valence-corrected chi connectivity index (χ2v) is 9.51. The van der Waals surface area contributed by atoms with Crippen molar-refractivity contribution in [3.05, 3.63) is 35.7 Å². The number of hydrogen-bond acceptors (Lipinski definition) is 8. The molecule has 2 aromatic heterocycles. The van der Waals surface area contributed by atoms with Crippen LogP contribution in [0, 0.1) is 6.92 Å². The average molecular weight is 393 g/mol. The number of thioether (sulfide) groups is 2. The van der Waals surface area contributed by atoms with Crippen LogP contribution in [0.25, 0.3) is 11.5 Å². The lowest BCUT2D eigenvalue weighted by Gasteiger charge is -2.02. The molecule has 3 rings (SSSR count). The van der Waals surface area contributed by atoms with Crippen LogP contribution in [0.1, 0.15) is 43.4 Å². The average Bonchev–Trinajstić information content (AvgIpc) is 3.25. The van der Waals surface area contributed by atoms with Crippen molar-refractivity contribution in [2.45, 2.75) is 47.5 Å². The van der Waals surface area contributed by atoms with E-state index in [9.17, 15) is 0 Å². The van der Waals surface area contributed by atoms with Crippen LogP contribution in [0.3, 0.4) is 0 Å². The summed E-state index contributed by atoms with van der Waals surface area (Å²) in [5.41, 5.74) is 2.14. The van der Waals surface area contributed by atoms with Gasteiger partial charge in [-0.2, -0.15) is 0 Å². The van der Waals surface area contributed by atoms with Gasteiger partial charge in [0.15, 0.2) is 8.68 Å². The Bertz CT molecular complexity index is 800. The topological polar surface area (TPSA) is 64.7 Å². The van der Waals surface area contributed by atoms with Gasteiger partial charge in [0.2, 0.25) is 11.8 Å². The van der Waals surface area contributed by atoms with Crippen LogP contribution in [-0.2, 0) is 0 Å². The van der Waals surface area contributed by atoms with Gasteiger partial charge in [-0.25, -0.2) is 0 Å². The van der Waals surface area contributed by atoms with E-state index in [1.807, 2.05) is 31.2 Å². The molecule has 0 bridgehead atoms. The van der Waals surface area contributed by atoms with Crippen molar-refractivity contribution in [3.63, 3.8) is 0 Å². The standard InChI is InChI=1S/C17H20N4OS3/c1-4-5-10-23-16-20-21-17(25-16)24-12(3)14-18-19-15(22-14)13-8-6-11(2)7-9-13/h6-9,12H,4-5,10H2,1-3H3. The minimum atomic E-state index is 0.0353. The molecule has 8 heteroatoms. The van der Waals surface area contributed by atoms with Gasteiger partial charge >= 0.3 is 0 Å². The van der Waals surface area contributed by atoms with Crippen molar-refractivity contribution in [2.24, 2.45) is 0 Å². The van der Waals surface area contributed by atoms with Gasteiger partial charge in [0.1, 0.15) is 0 Å². The lowest BCUT2D eigenvalue weighted by Crippen LogP contribution is -1.88. The maximum atomic E-state index is 5.84. The minimum Gasteiger partial charge on any atom is -0.419 e. The van der Waals surface area contributed by atoms with E-state index in [0.29, 0.717) is 11.8 Å². The quantitative estimate of drug-likeness (QED) is 0.363. The number of aryl methyl sites for hydroxylation is 1. The van der Waals surface area contributed by atoms with E-state index in [-0.39, 0.29) is 5.25 Å². The number of rotatable bonds is 8. The first kappa shape index (κ1) is 18.4. The van der Waals surface area contributed by atoms with Crippen molar-refractivity contribution in [1.29, 1.82) is 0 Å². The molecule has 0 saturated heterocycles. The molecule has 25 heavy (non-hydrogen) atoms. The Morgan fingerprint density at radius 2 is 1.84 bits per heavy atom. The summed E-state index contributed by atoms with van der Waals surface area (Å²) in [7, 11) is 0. The summed E-state index contributed by atoms with van der Waals surface area (Å²) in [6.07, 6.45) is 2.40. The monoisotopic (exact) mass is 392 g/mol. The Labute approximate surface area is 160 Å². The van der Waals surface area contributed by atoms with Gasteiger partial charge in [0.05, 0.1) is 5.25 Å². The molecule has 3 aromatic rings. The number of benzene rings is 1. The number of unbranched alkanes of at least 4 members (excludes halogenated alkanes) is 1. The lowest BCUT2D eigenvalue weighted by molar-refractivity contribution is 0.509. The molecular formula is C17H20N4OS3. The van der Waals surface area contributed by atoms with Crippen LogP contribution in [0.15, 0.2) is 37.4 Å². The van der Waals surface area contributed by atoms with Crippen LogP contribution in [0.5, 0.6) is 0 Å². The van der Waals surface area contributed by atoms with Gasteiger partial charge in [-0.15, -0.1) is 20.4 Å². The van der Waals surface area contributed by atoms with Gasteiger partial charge in [-0.05, 0) is 32.4 Å². The van der Waals surface area contributed by atoms with Crippen LogP contribution < -0.4 is 0 Å². The van der Waals surface area contributed by atoms with E-state index in [0.717, 1.165) is 20.0 Å². The molecule has 1 atom stereocenters. The molecule has 0 saturated carbocycles. The third-order valence-corrected chi connectivity index (χ3v) is 6.79. The molecule has 0 N–H and O–H groups in total. The lowest BCUT2D eigenvalue weighted by atomic mass is 10.1. The molecule has 0 radical (unpaired) electrons. The largest absolute Gasteiger partial charge is 0.419 e. The van der Waals surface area contributed by atoms with Gasteiger partial charge in [-0.3, -0.25) is 0 Å². The van der Waals surface area contributed by atoms with Gasteiger partial charge in [-0.1, -0.05) is 65.9 Å². The second kappa shape index (κ2) is 8.82. The summed E-state index contributed by atoms with van der Waals surface area (Å²) in [5, 5.41) is 16.9. The van der Waals surface area contributed by atoms with E-state index in [2.05, 4.69) is 34.2 Å². The zero-order chi connectivity index (χ0) is 17.6. The van der Waals surface area contributed by atoms with E-state index in [1.165, 1.54) is 18.4 Å². The van der Waals surface area contributed by atoms with Crippen LogP contribution in [-0.4, -0.2) is 26.1 Å². The summed E-state index contributed by atoms with van der Waals surface area (Å²) in [5.74, 6) is 2.25. The Morgan fingerprint density at radius 3 is 2.60 bits per heavy atom. The highest BCUT2D eigenvalue weighted by Crippen LogP contribution is 2.38. The molecule has 1 unspecified atom stereocenters. The molecule has 0 amide bonds. The number of nitrogens with zero attached hydrogens (tertiary/aromatic N) is 4. The summed E-state index contributed by atoms with van der Waals surface area (Å²) < 4.78 is 7.79. The second-order valence-electron chi connectivity index (χ2n) is 5.61. The number of hydrogen-bond donors (Lipinski definition) is 0. The van der Waals surface area contributed by atoms with Crippen molar-refractivity contribution in [1.82, 2.24) is 20.4 Å². The predicted octanol–water partition coefficient (Wildman–Crippen LogP) is 5.64. The fourth-order valence-corrected chi connectivity index (χ4v) is 5.37. The molecule has 1 aromatic carbocycles. The Hall–Kier alpha value is -1.38. The molecule has 0 fully saturated rings. The molecule has 0 aliphatic heterocycles. The highest BCUT2D eigenvalue weighted by Gasteiger charge is 2.18. The molecule has 0 spiro atoms. The van der Waals surface area contributed by atoms with Crippen molar-refractivity contribution < 1.29 is 4.42 Å². The minimum absolute atomic E-state index is 0.0353. The van der Waals surface area contributed by atoms with Crippen LogP contribution >= 0.6 is 34.9 Å². The first-order chi connectivity index (χ1) is 12.2. The van der Waals surface area contributed by atoms with E-state index < -0.39 is 0 Å². The summed E-state index contributed by atoms with van der Waals surface area (Å²) in [4.78, 5) is 0. The smallest absolute Gasteiger partial charge is 0.247 e. The van der Waals surface area contributed by atoms with Crippen molar-refractivity contribution >= 4 is 34.9 Å². The highest BCUT2D eigenvalue weighted by atomic mass is 32.2. The molecule has 0 aliphatic rings. The first-order valence-electron chi connectivity index (χ1n) is 8.19.